The van der Waals surface area contributed by atoms with E-state index < -0.39 is 0 Å². The predicted molar refractivity (Wildman–Crippen MR) is 96.2 cm³/mol. The SMILES string of the molecule is Cl.O=C(CN1CCN(CC2CCNCC2)CC1)N1CCCCC1. The van der Waals surface area contributed by atoms with E-state index in [0.717, 1.165) is 45.2 Å². The fourth-order valence-electron chi connectivity index (χ4n) is 3.99. The molecule has 0 aromatic carbocycles. The van der Waals surface area contributed by atoms with E-state index in [9.17, 15) is 4.79 Å². The molecular formula is C17H33ClN4O. The molecule has 5 nitrogen and oxygen atoms in total. The van der Waals surface area contributed by atoms with Gasteiger partial charge in [0.2, 0.25) is 5.91 Å². The van der Waals surface area contributed by atoms with Gasteiger partial charge in [0.05, 0.1) is 6.54 Å². The van der Waals surface area contributed by atoms with Crippen LogP contribution in [0.25, 0.3) is 0 Å². The summed E-state index contributed by atoms with van der Waals surface area (Å²) in [7, 11) is 0. The summed E-state index contributed by atoms with van der Waals surface area (Å²) in [6.45, 7) is 10.6. The Morgan fingerprint density at radius 1 is 0.870 bits per heavy atom. The van der Waals surface area contributed by atoms with Crippen LogP contribution in [0.3, 0.4) is 0 Å². The van der Waals surface area contributed by atoms with Gasteiger partial charge in [0.1, 0.15) is 0 Å². The Balaban J connectivity index is 0.00000192. The second-order valence-corrected chi connectivity index (χ2v) is 7.21. The van der Waals surface area contributed by atoms with Crippen LogP contribution >= 0.6 is 12.4 Å². The van der Waals surface area contributed by atoms with Crippen molar-refractivity contribution in [2.75, 3.05) is 65.4 Å². The molecule has 0 aromatic heterocycles. The molecule has 0 unspecified atom stereocenters. The minimum Gasteiger partial charge on any atom is -0.342 e. The van der Waals surface area contributed by atoms with Crippen LogP contribution in [0.1, 0.15) is 32.1 Å². The largest absolute Gasteiger partial charge is 0.342 e. The number of carbonyl (C=O) groups excluding carboxylic acids is 1. The molecule has 1 amide bonds. The van der Waals surface area contributed by atoms with E-state index in [1.165, 1.54) is 51.7 Å². The number of halogens is 1. The topological polar surface area (TPSA) is 38.8 Å². The number of amides is 1. The summed E-state index contributed by atoms with van der Waals surface area (Å²) < 4.78 is 0. The number of likely N-dealkylation sites (tertiary alicyclic amines) is 1. The Morgan fingerprint density at radius 2 is 1.48 bits per heavy atom. The van der Waals surface area contributed by atoms with E-state index in [0.29, 0.717) is 12.5 Å². The van der Waals surface area contributed by atoms with Crippen LogP contribution in [0.15, 0.2) is 0 Å². The van der Waals surface area contributed by atoms with Gasteiger partial charge in [0.15, 0.2) is 0 Å². The molecule has 0 spiro atoms. The molecule has 3 heterocycles. The van der Waals surface area contributed by atoms with E-state index in [1.54, 1.807) is 0 Å². The standard InChI is InChI=1S/C17H32N4O.ClH/c22-17(21-8-2-1-3-9-21)15-20-12-10-19(11-13-20)14-16-4-6-18-7-5-16;/h16,18H,1-15H2;1H. The molecular weight excluding hydrogens is 312 g/mol. The summed E-state index contributed by atoms with van der Waals surface area (Å²) in [5, 5.41) is 3.44. The van der Waals surface area contributed by atoms with Gasteiger partial charge in [-0.1, -0.05) is 0 Å². The molecule has 0 atom stereocenters. The summed E-state index contributed by atoms with van der Waals surface area (Å²) in [6.07, 6.45) is 6.33. The molecule has 3 aliphatic heterocycles. The predicted octanol–water partition coefficient (Wildman–Crippen LogP) is 1.04. The number of hydrogen-bond donors (Lipinski definition) is 1. The zero-order chi connectivity index (χ0) is 15.2. The van der Waals surface area contributed by atoms with Gasteiger partial charge in [-0.25, -0.2) is 0 Å². The van der Waals surface area contributed by atoms with Crippen molar-refractivity contribution in [2.45, 2.75) is 32.1 Å². The van der Waals surface area contributed by atoms with Crippen LogP contribution in [0.5, 0.6) is 0 Å². The maximum absolute atomic E-state index is 12.3. The molecule has 0 radical (unpaired) electrons. The first-order valence-corrected chi connectivity index (χ1v) is 9.24. The summed E-state index contributed by atoms with van der Waals surface area (Å²) >= 11 is 0. The molecule has 3 saturated heterocycles. The highest BCUT2D eigenvalue weighted by molar-refractivity contribution is 5.85. The summed E-state index contributed by atoms with van der Waals surface area (Å²) in [5.74, 6) is 1.23. The number of nitrogens with zero attached hydrogens (tertiary/aromatic N) is 3. The van der Waals surface area contributed by atoms with Crippen molar-refractivity contribution in [2.24, 2.45) is 5.92 Å². The molecule has 1 N–H and O–H groups in total. The van der Waals surface area contributed by atoms with Crippen LogP contribution in [0.2, 0.25) is 0 Å². The number of hydrogen-bond acceptors (Lipinski definition) is 4. The highest BCUT2D eigenvalue weighted by atomic mass is 35.5. The zero-order valence-corrected chi connectivity index (χ0v) is 15.2. The monoisotopic (exact) mass is 344 g/mol. The van der Waals surface area contributed by atoms with E-state index >= 15 is 0 Å². The number of piperidine rings is 2. The molecule has 6 heteroatoms. The zero-order valence-electron chi connectivity index (χ0n) is 14.3. The van der Waals surface area contributed by atoms with Gasteiger partial charge in [0, 0.05) is 45.8 Å². The third-order valence-electron chi connectivity index (χ3n) is 5.51. The molecule has 3 fully saturated rings. The van der Waals surface area contributed by atoms with Gasteiger partial charge in [-0.2, -0.15) is 0 Å². The van der Waals surface area contributed by atoms with Crippen molar-refractivity contribution < 1.29 is 4.79 Å². The van der Waals surface area contributed by atoms with Crippen molar-refractivity contribution >= 4 is 18.3 Å². The number of piperazine rings is 1. The van der Waals surface area contributed by atoms with Gasteiger partial charge >= 0.3 is 0 Å². The van der Waals surface area contributed by atoms with E-state index in [1.807, 2.05) is 0 Å². The van der Waals surface area contributed by atoms with Gasteiger partial charge in [-0.15, -0.1) is 12.4 Å². The van der Waals surface area contributed by atoms with E-state index in [4.69, 9.17) is 0 Å². The first-order chi connectivity index (χ1) is 10.8. The van der Waals surface area contributed by atoms with Crippen molar-refractivity contribution in [3.8, 4) is 0 Å². The van der Waals surface area contributed by atoms with E-state index in [2.05, 4.69) is 20.0 Å². The summed E-state index contributed by atoms with van der Waals surface area (Å²) in [6, 6.07) is 0. The second-order valence-electron chi connectivity index (χ2n) is 7.21. The van der Waals surface area contributed by atoms with Gasteiger partial charge in [-0.05, 0) is 51.1 Å². The third kappa shape index (κ3) is 5.89. The molecule has 0 aromatic rings. The van der Waals surface area contributed by atoms with Crippen molar-refractivity contribution in [1.82, 2.24) is 20.0 Å². The minimum atomic E-state index is 0. The van der Waals surface area contributed by atoms with Crippen LogP contribution < -0.4 is 5.32 Å². The normalized spacial score (nSPS) is 25.1. The Kier molecular flexibility index (Phi) is 8.10. The quantitative estimate of drug-likeness (QED) is 0.827. The van der Waals surface area contributed by atoms with Crippen molar-refractivity contribution in [1.29, 1.82) is 0 Å². The van der Waals surface area contributed by atoms with Crippen LogP contribution in [0.4, 0.5) is 0 Å². The average molecular weight is 345 g/mol. The Labute approximate surface area is 147 Å². The number of rotatable bonds is 4. The molecule has 3 aliphatic rings. The second kappa shape index (κ2) is 9.82. The fraction of sp³-hybridized carbons (Fsp3) is 0.941. The highest BCUT2D eigenvalue weighted by Gasteiger charge is 2.24. The molecule has 3 rings (SSSR count). The molecule has 23 heavy (non-hydrogen) atoms. The first kappa shape index (κ1) is 19.0. The maximum atomic E-state index is 12.3. The molecule has 134 valence electrons. The van der Waals surface area contributed by atoms with Crippen LogP contribution in [-0.2, 0) is 4.79 Å². The number of nitrogens with one attached hydrogen (secondary N) is 1. The maximum Gasteiger partial charge on any atom is 0.236 e. The number of carbonyl (C=O) groups is 1. The highest BCUT2D eigenvalue weighted by Crippen LogP contribution is 2.15. The molecule has 0 aliphatic carbocycles. The van der Waals surface area contributed by atoms with Gasteiger partial charge in [0.25, 0.3) is 0 Å². The van der Waals surface area contributed by atoms with Gasteiger partial charge < -0.3 is 15.1 Å². The van der Waals surface area contributed by atoms with Crippen molar-refractivity contribution in [3.63, 3.8) is 0 Å². The van der Waals surface area contributed by atoms with E-state index in [-0.39, 0.29) is 12.4 Å². The Bertz CT molecular complexity index is 349. The van der Waals surface area contributed by atoms with Crippen LogP contribution in [0, 0.1) is 5.92 Å². The average Bonchev–Trinajstić information content (AvgIpc) is 2.58. The van der Waals surface area contributed by atoms with Crippen molar-refractivity contribution in [3.05, 3.63) is 0 Å². The Hall–Kier alpha value is -0.360. The molecule has 0 bridgehead atoms. The van der Waals surface area contributed by atoms with Gasteiger partial charge in [-0.3, -0.25) is 9.69 Å². The van der Waals surface area contributed by atoms with Crippen LogP contribution in [-0.4, -0.2) is 86.1 Å². The lowest BCUT2D eigenvalue weighted by Gasteiger charge is -2.38. The third-order valence-corrected chi connectivity index (χ3v) is 5.51. The first-order valence-electron chi connectivity index (χ1n) is 9.24. The fourth-order valence-corrected chi connectivity index (χ4v) is 3.99. The minimum absolute atomic E-state index is 0. The summed E-state index contributed by atoms with van der Waals surface area (Å²) in [4.78, 5) is 19.4. The molecule has 0 saturated carbocycles. The smallest absolute Gasteiger partial charge is 0.236 e. The lowest BCUT2D eigenvalue weighted by molar-refractivity contribution is -0.133. The lowest BCUT2D eigenvalue weighted by Crippen LogP contribution is -2.51. The Morgan fingerprint density at radius 3 is 2.13 bits per heavy atom. The lowest BCUT2D eigenvalue weighted by atomic mass is 9.97. The summed E-state index contributed by atoms with van der Waals surface area (Å²) in [5.41, 5.74) is 0.